The molecule has 5 heteroatoms. The first-order valence-corrected chi connectivity index (χ1v) is 10.2. The van der Waals surface area contributed by atoms with Crippen LogP contribution in [0.1, 0.15) is 58.3 Å². The average molecular weight is 319 g/mol. The molecule has 1 atom stereocenters. The van der Waals surface area contributed by atoms with E-state index in [0.29, 0.717) is 11.8 Å². The van der Waals surface area contributed by atoms with Crippen molar-refractivity contribution >= 4 is 9.84 Å². The standard InChI is InChI=1S/C16H34N2O2S/c1-5-21(19,20)14-10-11-15(17-2)16(18(3)4)12-8-6-7-9-13-16/h15,17H,5-14H2,1-4H3. The Hall–Kier alpha value is -0.130. The SMILES string of the molecule is CCS(=O)(=O)CCCC(NC)C1(N(C)C)CCCCCC1. The van der Waals surface area contributed by atoms with E-state index in [1.165, 1.54) is 38.5 Å². The molecule has 1 unspecified atom stereocenters. The Labute approximate surface area is 131 Å². The predicted molar refractivity (Wildman–Crippen MR) is 90.5 cm³/mol. The molecule has 126 valence electrons. The largest absolute Gasteiger partial charge is 0.315 e. The molecule has 0 aromatic rings. The number of hydrogen-bond acceptors (Lipinski definition) is 4. The van der Waals surface area contributed by atoms with Crippen LogP contribution in [0.15, 0.2) is 0 Å². The van der Waals surface area contributed by atoms with E-state index in [0.717, 1.165) is 12.8 Å². The molecule has 1 fully saturated rings. The van der Waals surface area contributed by atoms with Crippen LogP contribution < -0.4 is 5.32 Å². The molecule has 0 aromatic carbocycles. The monoisotopic (exact) mass is 318 g/mol. The van der Waals surface area contributed by atoms with Crippen molar-refractivity contribution in [1.82, 2.24) is 10.2 Å². The van der Waals surface area contributed by atoms with Gasteiger partial charge in [0.2, 0.25) is 0 Å². The normalized spacial score (nSPS) is 21.2. The highest BCUT2D eigenvalue weighted by Gasteiger charge is 2.39. The number of nitrogens with zero attached hydrogens (tertiary/aromatic N) is 1. The molecule has 21 heavy (non-hydrogen) atoms. The lowest BCUT2D eigenvalue weighted by molar-refractivity contribution is 0.0794. The maximum atomic E-state index is 11.7. The number of hydrogen-bond donors (Lipinski definition) is 1. The Bertz CT molecular complexity index is 385. The third-order valence-electron chi connectivity index (χ3n) is 5.25. The Morgan fingerprint density at radius 3 is 2.14 bits per heavy atom. The topological polar surface area (TPSA) is 49.4 Å². The summed E-state index contributed by atoms with van der Waals surface area (Å²) in [5.41, 5.74) is 0.182. The highest BCUT2D eigenvalue weighted by molar-refractivity contribution is 7.91. The lowest BCUT2D eigenvalue weighted by Crippen LogP contribution is -2.58. The van der Waals surface area contributed by atoms with E-state index in [9.17, 15) is 8.42 Å². The molecule has 0 bridgehead atoms. The molecule has 1 aliphatic carbocycles. The second-order valence-electron chi connectivity index (χ2n) is 6.63. The van der Waals surface area contributed by atoms with Crippen molar-refractivity contribution in [2.24, 2.45) is 0 Å². The van der Waals surface area contributed by atoms with Gasteiger partial charge in [-0.15, -0.1) is 0 Å². The summed E-state index contributed by atoms with van der Waals surface area (Å²) in [6, 6.07) is 0.373. The maximum Gasteiger partial charge on any atom is 0.150 e. The molecule has 0 aliphatic heterocycles. The van der Waals surface area contributed by atoms with E-state index < -0.39 is 9.84 Å². The Balaban J connectivity index is 2.73. The van der Waals surface area contributed by atoms with Gasteiger partial charge in [0.25, 0.3) is 0 Å². The zero-order chi connectivity index (χ0) is 15.9. The number of sulfone groups is 1. The lowest BCUT2D eigenvalue weighted by atomic mass is 9.79. The van der Waals surface area contributed by atoms with E-state index in [-0.39, 0.29) is 11.3 Å². The highest BCUT2D eigenvalue weighted by atomic mass is 32.2. The molecule has 1 saturated carbocycles. The average Bonchev–Trinajstić information content (AvgIpc) is 2.70. The van der Waals surface area contributed by atoms with Crippen LogP contribution in [-0.4, -0.2) is 57.5 Å². The van der Waals surface area contributed by atoms with Crippen LogP contribution in [-0.2, 0) is 9.84 Å². The van der Waals surface area contributed by atoms with Gasteiger partial charge < -0.3 is 10.2 Å². The van der Waals surface area contributed by atoms with Crippen molar-refractivity contribution in [2.45, 2.75) is 69.9 Å². The minimum atomic E-state index is -2.84. The molecule has 0 spiro atoms. The fourth-order valence-corrected chi connectivity index (χ4v) is 4.68. The third kappa shape index (κ3) is 5.22. The van der Waals surface area contributed by atoms with Gasteiger partial charge in [-0.1, -0.05) is 32.6 Å². The van der Waals surface area contributed by atoms with Crippen LogP contribution in [0.5, 0.6) is 0 Å². The quantitative estimate of drug-likeness (QED) is 0.698. The van der Waals surface area contributed by atoms with Gasteiger partial charge in [-0.25, -0.2) is 8.42 Å². The molecule has 0 amide bonds. The first kappa shape index (κ1) is 18.9. The van der Waals surface area contributed by atoms with Crippen molar-refractivity contribution in [2.75, 3.05) is 32.6 Å². The second kappa shape index (κ2) is 8.49. The number of rotatable bonds is 8. The molecule has 0 aromatic heterocycles. The Morgan fingerprint density at radius 2 is 1.71 bits per heavy atom. The van der Waals surface area contributed by atoms with Gasteiger partial charge >= 0.3 is 0 Å². The summed E-state index contributed by atoms with van der Waals surface area (Å²) in [7, 11) is 3.54. The van der Waals surface area contributed by atoms with Crippen molar-refractivity contribution in [1.29, 1.82) is 0 Å². The van der Waals surface area contributed by atoms with Crippen LogP contribution in [0.4, 0.5) is 0 Å². The van der Waals surface area contributed by atoms with Crippen LogP contribution in [0.2, 0.25) is 0 Å². The van der Waals surface area contributed by atoms with Gasteiger partial charge in [-0.2, -0.15) is 0 Å². The first-order chi connectivity index (χ1) is 9.88. The van der Waals surface area contributed by atoms with E-state index in [1.54, 1.807) is 6.92 Å². The van der Waals surface area contributed by atoms with Crippen molar-refractivity contribution in [3.05, 3.63) is 0 Å². The van der Waals surface area contributed by atoms with Crippen molar-refractivity contribution in [3.8, 4) is 0 Å². The van der Waals surface area contributed by atoms with E-state index >= 15 is 0 Å². The Morgan fingerprint density at radius 1 is 1.14 bits per heavy atom. The summed E-state index contributed by atoms with van der Waals surface area (Å²) in [5, 5.41) is 3.49. The zero-order valence-electron chi connectivity index (χ0n) is 14.3. The molecule has 1 N–H and O–H groups in total. The van der Waals surface area contributed by atoms with Gasteiger partial charge in [0, 0.05) is 17.3 Å². The summed E-state index contributed by atoms with van der Waals surface area (Å²) in [6.07, 6.45) is 9.35. The van der Waals surface area contributed by atoms with E-state index in [2.05, 4.69) is 24.3 Å². The van der Waals surface area contributed by atoms with Gasteiger partial charge in [-0.3, -0.25) is 0 Å². The van der Waals surface area contributed by atoms with Crippen LogP contribution in [0.3, 0.4) is 0 Å². The summed E-state index contributed by atoms with van der Waals surface area (Å²) in [5.74, 6) is 0.585. The lowest BCUT2D eigenvalue weighted by Gasteiger charge is -2.46. The summed E-state index contributed by atoms with van der Waals surface area (Å²) < 4.78 is 23.4. The van der Waals surface area contributed by atoms with Crippen LogP contribution >= 0.6 is 0 Å². The third-order valence-corrected chi connectivity index (χ3v) is 7.04. The van der Waals surface area contributed by atoms with Gasteiger partial charge in [-0.05, 0) is 46.8 Å². The van der Waals surface area contributed by atoms with Gasteiger partial charge in [0.1, 0.15) is 9.84 Å². The fourth-order valence-electron chi connectivity index (χ4n) is 3.78. The minimum absolute atomic E-state index is 0.182. The molecule has 1 rings (SSSR count). The van der Waals surface area contributed by atoms with E-state index in [1.807, 2.05) is 7.05 Å². The number of likely N-dealkylation sites (N-methyl/N-ethyl adjacent to an activating group) is 2. The van der Waals surface area contributed by atoms with Crippen LogP contribution in [0, 0.1) is 0 Å². The molecule has 1 aliphatic rings. The van der Waals surface area contributed by atoms with Gasteiger partial charge in [0.05, 0.1) is 5.75 Å². The molecular weight excluding hydrogens is 284 g/mol. The predicted octanol–water partition coefficient (Wildman–Crippen LogP) is 2.44. The summed E-state index contributed by atoms with van der Waals surface area (Å²) in [4.78, 5) is 2.38. The molecule has 0 saturated heterocycles. The number of nitrogens with one attached hydrogen (secondary N) is 1. The molecule has 4 nitrogen and oxygen atoms in total. The summed E-state index contributed by atoms with van der Waals surface area (Å²) in [6.45, 7) is 1.73. The zero-order valence-corrected chi connectivity index (χ0v) is 15.1. The maximum absolute atomic E-state index is 11.7. The van der Waals surface area contributed by atoms with E-state index in [4.69, 9.17) is 0 Å². The molecular formula is C16H34N2O2S. The first-order valence-electron chi connectivity index (χ1n) is 8.43. The molecule has 0 heterocycles. The van der Waals surface area contributed by atoms with Crippen LogP contribution in [0.25, 0.3) is 0 Å². The summed E-state index contributed by atoms with van der Waals surface area (Å²) >= 11 is 0. The second-order valence-corrected chi connectivity index (χ2v) is 9.10. The van der Waals surface area contributed by atoms with Crippen molar-refractivity contribution in [3.63, 3.8) is 0 Å². The highest BCUT2D eigenvalue weighted by Crippen LogP contribution is 2.35. The minimum Gasteiger partial charge on any atom is -0.315 e. The smallest absolute Gasteiger partial charge is 0.150 e. The molecule has 0 radical (unpaired) electrons. The fraction of sp³-hybridized carbons (Fsp3) is 1.00. The van der Waals surface area contributed by atoms with Gasteiger partial charge in [0.15, 0.2) is 0 Å². The van der Waals surface area contributed by atoms with Crippen molar-refractivity contribution < 1.29 is 8.42 Å². The Kier molecular flexibility index (Phi) is 7.65.